The molecule has 3 N–H and O–H groups in total. The van der Waals surface area contributed by atoms with Crippen molar-refractivity contribution in [2.45, 2.75) is 18.4 Å². The van der Waals surface area contributed by atoms with Gasteiger partial charge in [-0.3, -0.25) is 0 Å². The van der Waals surface area contributed by atoms with Gasteiger partial charge in [0.1, 0.15) is 5.75 Å². The molecular formula is C15H14ClNO. The summed E-state index contributed by atoms with van der Waals surface area (Å²) in [6.45, 7) is 0. The van der Waals surface area contributed by atoms with Gasteiger partial charge in [-0.15, -0.1) is 0 Å². The fourth-order valence-electron chi connectivity index (χ4n) is 2.78. The van der Waals surface area contributed by atoms with Crippen molar-refractivity contribution in [3.8, 4) is 5.75 Å². The van der Waals surface area contributed by atoms with E-state index >= 15 is 0 Å². The van der Waals surface area contributed by atoms with Crippen LogP contribution in [0.1, 0.15) is 22.6 Å². The number of halogens is 1. The van der Waals surface area contributed by atoms with Gasteiger partial charge in [-0.1, -0.05) is 41.9 Å². The molecule has 3 rings (SSSR count). The van der Waals surface area contributed by atoms with Crippen molar-refractivity contribution in [1.82, 2.24) is 0 Å². The van der Waals surface area contributed by atoms with Crippen molar-refractivity contribution in [3.05, 3.63) is 64.2 Å². The third kappa shape index (κ3) is 1.78. The average molecular weight is 260 g/mol. The Morgan fingerprint density at radius 1 is 1.17 bits per heavy atom. The zero-order chi connectivity index (χ0) is 12.7. The van der Waals surface area contributed by atoms with Gasteiger partial charge in [-0.2, -0.15) is 0 Å². The molecule has 0 saturated heterocycles. The molecule has 0 heterocycles. The van der Waals surface area contributed by atoms with Gasteiger partial charge in [-0.05, 0) is 35.2 Å². The Hall–Kier alpha value is -1.51. The third-order valence-electron chi connectivity index (χ3n) is 3.59. The highest BCUT2D eigenvalue weighted by Crippen LogP contribution is 2.41. The van der Waals surface area contributed by atoms with Gasteiger partial charge >= 0.3 is 0 Å². The van der Waals surface area contributed by atoms with E-state index < -0.39 is 0 Å². The lowest BCUT2D eigenvalue weighted by molar-refractivity contribution is 0.475. The van der Waals surface area contributed by atoms with Crippen molar-refractivity contribution in [3.63, 3.8) is 0 Å². The lowest BCUT2D eigenvalue weighted by Crippen LogP contribution is -2.25. The van der Waals surface area contributed by atoms with E-state index in [0.717, 1.165) is 17.5 Å². The SMILES string of the molecule is N[C@@H]1Cc2cc(O)c(Cl)cc2[C@H]1c1ccccc1. The zero-order valence-electron chi connectivity index (χ0n) is 9.81. The number of aromatic hydroxyl groups is 1. The van der Waals surface area contributed by atoms with Crippen molar-refractivity contribution in [1.29, 1.82) is 0 Å². The number of phenolic OH excluding ortho intramolecular Hbond substituents is 1. The number of rotatable bonds is 1. The van der Waals surface area contributed by atoms with Crippen molar-refractivity contribution < 1.29 is 5.11 Å². The summed E-state index contributed by atoms with van der Waals surface area (Å²) in [6, 6.07) is 13.8. The van der Waals surface area contributed by atoms with Gasteiger partial charge in [0.05, 0.1) is 5.02 Å². The summed E-state index contributed by atoms with van der Waals surface area (Å²) in [5.74, 6) is 0.302. The molecule has 2 aromatic rings. The summed E-state index contributed by atoms with van der Waals surface area (Å²) in [5, 5.41) is 10.0. The first kappa shape index (κ1) is 11.6. The Labute approximate surface area is 111 Å². The Balaban J connectivity index is 2.12. The van der Waals surface area contributed by atoms with Crippen LogP contribution in [0.15, 0.2) is 42.5 Å². The first-order valence-electron chi connectivity index (χ1n) is 5.98. The topological polar surface area (TPSA) is 46.2 Å². The molecule has 2 atom stereocenters. The van der Waals surface area contributed by atoms with Crippen LogP contribution in [-0.4, -0.2) is 11.1 Å². The highest BCUT2D eigenvalue weighted by atomic mass is 35.5. The second-order valence-corrected chi connectivity index (χ2v) is 5.17. The fourth-order valence-corrected chi connectivity index (χ4v) is 2.95. The number of nitrogens with two attached hydrogens (primary N) is 1. The smallest absolute Gasteiger partial charge is 0.134 e. The number of hydrogen-bond donors (Lipinski definition) is 2. The van der Waals surface area contributed by atoms with Crippen LogP contribution in [0.3, 0.4) is 0 Å². The van der Waals surface area contributed by atoms with E-state index in [1.54, 1.807) is 6.07 Å². The minimum absolute atomic E-state index is 0.0419. The second-order valence-electron chi connectivity index (χ2n) is 4.76. The van der Waals surface area contributed by atoms with Crippen LogP contribution in [0.5, 0.6) is 5.75 Å². The maximum atomic E-state index is 9.65. The van der Waals surface area contributed by atoms with E-state index in [-0.39, 0.29) is 17.7 Å². The van der Waals surface area contributed by atoms with E-state index in [4.69, 9.17) is 17.3 Å². The lowest BCUT2D eigenvalue weighted by atomic mass is 9.90. The van der Waals surface area contributed by atoms with Crippen LogP contribution in [-0.2, 0) is 6.42 Å². The fraction of sp³-hybridized carbons (Fsp3) is 0.200. The Morgan fingerprint density at radius 3 is 2.61 bits per heavy atom. The largest absolute Gasteiger partial charge is 0.506 e. The highest BCUT2D eigenvalue weighted by molar-refractivity contribution is 6.32. The summed E-state index contributed by atoms with van der Waals surface area (Å²) in [4.78, 5) is 0. The highest BCUT2D eigenvalue weighted by Gasteiger charge is 2.31. The van der Waals surface area contributed by atoms with Gasteiger partial charge < -0.3 is 10.8 Å². The number of phenols is 1. The summed E-state index contributed by atoms with van der Waals surface area (Å²) in [6.07, 6.45) is 0.777. The summed E-state index contributed by atoms with van der Waals surface area (Å²) >= 11 is 6.00. The molecule has 1 aliphatic rings. The molecule has 0 saturated carbocycles. The normalized spacial score (nSPS) is 21.9. The van der Waals surface area contributed by atoms with Crippen molar-refractivity contribution in [2.24, 2.45) is 5.73 Å². The zero-order valence-corrected chi connectivity index (χ0v) is 10.6. The van der Waals surface area contributed by atoms with Crippen LogP contribution < -0.4 is 5.73 Å². The van der Waals surface area contributed by atoms with E-state index in [2.05, 4.69) is 12.1 Å². The molecule has 0 spiro atoms. The molecule has 0 amide bonds. The first-order chi connectivity index (χ1) is 8.66. The molecule has 0 radical (unpaired) electrons. The Morgan fingerprint density at radius 2 is 1.89 bits per heavy atom. The van der Waals surface area contributed by atoms with Gasteiger partial charge in [0.15, 0.2) is 0 Å². The van der Waals surface area contributed by atoms with Crippen LogP contribution in [0.4, 0.5) is 0 Å². The molecule has 2 aromatic carbocycles. The maximum absolute atomic E-state index is 9.65. The van der Waals surface area contributed by atoms with Crippen LogP contribution >= 0.6 is 11.6 Å². The third-order valence-corrected chi connectivity index (χ3v) is 3.89. The summed E-state index contributed by atoms with van der Waals surface area (Å²) in [5.41, 5.74) is 9.67. The van der Waals surface area contributed by atoms with Crippen molar-refractivity contribution >= 4 is 11.6 Å². The standard InChI is InChI=1S/C15H14ClNO/c16-12-8-11-10(7-14(12)18)6-13(17)15(11)9-4-2-1-3-5-9/h1-5,7-8,13,15,18H,6,17H2/t13-,15-/m1/s1. The molecule has 3 heteroatoms. The van der Waals surface area contributed by atoms with Crippen molar-refractivity contribution in [2.75, 3.05) is 0 Å². The van der Waals surface area contributed by atoms with Gasteiger partial charge in [0.2, 0.25) is 0 Å². The molecule has 0 unspecified atom stereocenters. The van der Waals surface area contributed by atoms with Crippen LogP contribution in [0, 0.1) is 0 Å². The first-order valence-corrected chi connectivity index (χ1v) is 6.36. The monoisotopic (exact) mass is 259 g/mol. The van der Waals surface area contributed by atoms with Gasteiger partial charge in [-0.25, -0.2) is 0 Å². The lowest BCUT2D eigenvalue weighted by Gasteiger charge is -2.17. The summed E-state index contributed by atoms with van der Waals surface area (Å²) < 4.78 is 0. The van der Waals surface area contributed by atoms with E-state index in [1.165, 1.54) is 5.56 Å². The van der Waals surface area contributed by atoms with E-state index in [1.807, 2.05) is 24.3 Å². The van der Waals surface area contributed by atoms with Crippen LogP contribution in [0.25, 0.3) is 0 Å². The molecule has 0 bridgehead atoms. The number of hydrogen-bond acceptors (Lipinski definition) is 2. The minimum atomic E-state index is 0.0419. The van der Waals surface area contributed by atoms with Gasteiger partial charge in [0, 0.05) is 12.0 Å². The van der Waals surface area contributed by atoms with Crippen LogP contribution in [0.2, 0.25) is 5.02 Å². The maximum Gasteiger partial charge on any atom is 0.134 e. The second kappa shape index (κ2) is 4.30. The molecule has 0 aliphatic heterocycles. The summed E-state index contributed by atoms with van der Waals surface area (Å²) in [7, 11) is 0. The quantitative estimate of drug-likeness (QED) is 0.827. The van der Waals surface area contributed by atoms with Gasteiger partial charge in [0.25, 0.3) is 0 Å². The number of fused-ring (bicyclic) bond motifs is 1. The minimum Gasteiger partial charge on any atom is -0.506 e. The molecule has 0 aromatic heterocycles. The Kier molecular flexibility index (Phi) is 2.77. The average Bonchev–Trinajstić information content (AvgIpc) is 2.66. The molecular weight excluding hydrogens is 246 g/mol. The molecule has 18 heavy (non-hydrogen) atoms. The number of benzene rings is 2. The molecule has 92 valence electrons. The Bertz CT molecular complexity index is 583. The predicted molar refractivity (Wildman–Crippen MR) is 73.1 cm³/mol. The molecule has 2 nitrogen and oxygen atoms in total. The predicted octanol–water partition coefficient (Wildman–Crippen LogP) is 3.06. The van der Waals surface area contributed by atoms with E-state index in [9.17, 15) is 5.11 Å². The molecule has 0 fully saturated rings. The van der Waals surface area contributed by atoms with E-state index in [0.29, 0.717) is 5.02 Å². The molecule has 1 aliphatic carbocycles.